The van der Waals surface area contributed by atoms with Crippen LogP contribution in [0, 0.1) is 0 Å². The minimum atomic E-state index is -1.02. The molecular formula is C14H21N3O4. The quantitative estimate of drug-likeness (QED) is 0.792. The number of carboxylic acid groups (broad SMARTS) is 1. The number of carbonyl (C=O) groups excluding carboxylic acids is 1. The highest BCUT2D eigenvalue weighted by molar-refractivity contribution is 5.83. The van der Waals surface area contributed by atoms with Crippen LogP contribution in [0.5, 0.6) is 0 Å². The number of amides is 1. The van der Waals surface area contributed by atoms with Gasteiger partial charge in [-0.25, -0.2) is 4.79 Å². The van der Waals surface area contributed by atoms with Crippen LogP contribution in [0.25, 0.3) is 0 Å². The zero-order chi connectivity index (χ0) is 15.2. The number of aliphatic carboxylic acids is 1. The van der Waals surface area contributed by atoms with Crippen molar-refractivity contribution in [3.05, 3.63) is 11.7 Å². The summed E-state index contributed by atoms with van der Waals surface area (Å²) in [6.07, 6.45) is 5.42. The Morgan fingerprint density at radius 2 is 2.14 bits per heavy atom. The summed E-state index contributed by atoms with van der Waals surface area (Å²) >= 11 is 0. The van der Waals surface area contributed by atoms with Crippen LogP contribution in [-0.4, -0.2) is 33.2 Å². The molecule has 0 radical (unpaired) electrons. The highest BCUT2D eigenvalue weighted by Crippen LogP contribution is 2.32. The molecule has 7 nitrogen and oxygen atoms in total. The van der Waals surface area contributed by atoms with Crippen molar-refractivity contribution in [1.29, 1.82) is 0 Å². The molecule has 1 atom stereocenters. The zero-order valence-electron chi connectivity index (χ0n) is 12.2. The first-order valence-corrected chi connectivity index (χ1v) is 7.44. The van der Waals surface area contributed by atoms with Gasteiger partial charge in [0.05, 0.1) is 0 Å². The van der Waals surface area contributed by atoms with E-state index in [1.165, 1.54) is 12.8 Å². The number of hydrogen-bond donors (Lipinski definition) is 2. The minimum absolute atomic E-state index is 0.149. The first-order chi connectivity index (χ1) is 10.1. The molecule has 0 saturated heterocycles. The van der Waals surface area contributed by atoms with E-state index >= 15 is 0 Å². The number of aryl methyl sites for hydroxylation is 1. The van der Waals surface area contributed by atoms with Gasteiger partial charge < -0.3 is 14.9 Å². The van der Waals surface area contributed by atoms with Crippen molar-refractivity contribution in [2.24, 2.45) is 0 Å². The highest BCUT2D eigenvalue weighted by Gasteiger charge is 2.23. The Kier molecular flexibility index (Phi) is 5.30. The molecule has 1 aliphatic rings. The molecule has 1 unspecified atom stereocenters. The van der Waals surface area contributed by atoms with Gasteiger partial charge in [0.1, 0.15) is 6.04 Å². The fourth-order valence-corrected chi connectivity index (χ4v) is 2.54. The molecule has 2 rings (SSSR count). The second-order valence-electron chi connectivity index (χ2n) is 5.39. The third-order valence-corrected chi connectivity index (χ3v) is 3.81. The topological polar surface area (TPSA) is 105 Å². The van der Waals surface area contributed by atoms with Gasteiger partial charge in [-0.15, -0.1) is 0 Å². The predicted molar refractivity (Wildman–Crippen MR) is 73.7 cm³/mol. The molecule has 116 valence electrons. The van der Waals surface area contributed by atoms with E-state index in [-0.39, 0.29) is 12.3 Å². The molecule has 0 bridgehead atoms. The molecule has 1 aliphatic carbocycles. The fourth-order valence-electron chi connectivity index (χ4n) is 2.54. The molecule has 2 N–H and O–H groups in total. The van der Waals surface area contributed by atoms with E-state index in [4.69, 9.17) is 9.63 Å². The summed E-state index contributed by atoms with van der Waals surface area (Å²) < 4.78 is 5.15. The van der Waals surface area contributed by atoms with Crippen molar-refractivity contribution < 1.29 is 19.2 Å². The van der Waals surface area contributed by atoms with Crippen molar-refractivity contribution >= 4 is 11.9 Å². The van der Waals surface area contributed by atoms with Crippen LogP contribution in [0.3, 0.4) is 0 Å². The molecular weight excluding hydrogens is 274 g/mol. The number of rotatable bonds is 7. The van der Waals surface area contributed by atoms with Gasteiger partial charge in [-0.2, -0.15) is 4.98 Å². The summed E-state index contributed by atoms with van der Waals surface area (Å²) in [6, 6.07) is -0.839. The third-order valence-electron chi connectivity index (χ3n) is 3.81. The first-order valence-electron chi connectivity index (χ1n) is 7.44. The van der Waals surface area contributed by atoms with Crippen LogP contribution in [0.4, 0.5) is 0 Å². The number of nitrogens with zero attached hydrogens (tertiary/aromatic N) is 2. The van der Waals surface area contributed by atoms with Gasteiger partial charge in [0, 0.05) is 18.8 Å². The lowest BCUT2D eigenvalue weighted by Gasteiger charge is -2.11. The van der Waals surface area contributed by atoms with Crippen molar-refractivity contribution in [3.63, 3.8) is 0 Å². The van der Waals surface area contributed by atoms with Crippen molar-refractivity contribution in [1.82, 2.24) is 15.5 Å². The van der Waals surface area contributed by atoms with Crippen LogP contribution in [0.15, 0.2) is 4.52 Å². The second kappa shape index (κ2) is 7.19. The van der Waals surface area contributed by atoms with Crippen LogP contribution in [0.1, 0.15) is 63.1 Å². The van der Waals surface area contributed by atoms with Crippen LogP contribution < -0.4 is 5.32 Å². The number of hydrogen-bond acceptors (Lipinski definition) is 5. The monoisotopic (exact) mass is 295 g/mol. The normalized spacial score (nSPS) is 16.8. The molecule has 7 heteroatoms. The summed E-state index contributed by atoms with van der Waals surface area (Å²) in [5.74, 6) is 0.222. The molecule has 1 heterocycles. The fraction of sp³-hybridized carbons (Fsp3) is 0.714. The van der Waals surface area contributed by atoms with E-state index in [1.54, 1.807) is 6.92 Å². The molecule has 0 spiro atoms. The van der Waals surface area contributed by atoms with E-state index in [1.807, 2.05) is 0 Å². The maximum Gasteiger partial charge on any atom is 0.326 e. The lowest BCUT2D eigenvalue weighted by Crippen LogP contribution is -2.40. The molecule has 1 amide bonds. The summed E-state index contributed by atoms with van der Waals surface area (Å²) in [7, 11) is 0. The molecule has 0 aliphatic heterocycles. The van der Waals surface area contributed by atoms with Gasteiger partial charge >= 0.3 is 5.97 Å². The molecule has 1 aromatic heterocycles. The van der Waals surface area contributed by atoms with Crippen molar-refractivity contribution in [3.8, 4) is 0 Å². The summed E-state index contributed by atoms with van der Waals surface area (Å²) in [6.45, 7) is 1.71. The van der Waals surface area contributed by atoms with E-state index in [9.17, 15) is 9.59 Å². The summed E-state index contributed by atoms with van der Waals surface area (Å²) in [5, 5.41) is 15.3. The summed E-state index contributed by atoms with van der Waals surface area (Å²) in [4.78, 5) is 26.8. The number of aromatic nitrogens is 2. The van der Waals surface area contributed by atoms with Gasteiger partial charge in [-0.3, -0.25) is 4.79 Å². The maximum atomic E-state index is 11.7. The maximum absolute atomic E-state index is 11.7. The Bertz CT molecular complexity index is 494. The van der Waals surface area contributed by atoms with Crippen LogP contribution >= 0.6 is 0 Å². The van der Waals surface area contributed by atoms with Crippen molar-refractivity contribution in [2.45, 2.75) is 63.8 Å². The van der Waals surface area contributed by atoms with Gasteiger partial charge in [0.2, 0.25) is 11.8 Å². The standard InChI is InChI=1S/C14H21N3O4/c1-2-10(14(19)20)15-11(18)7-8-12-16-13(17-21-12)9-5-3-4-6-9/h9-10H,2-8H2,1H3,(H,15,18)(H,19,20). The molecule has 1 saturated carbocycles. The van der Waals surface area contributed by atoms with Gasteiger partial charge in [-0.05, 0) is 19.3 Å². The van der Waals surface area contributed by atoms with E-state index in [2.05, 4.69) is 15.5 Å². The van der Waals surface area contributed by atoms with Gasteiger partial charge in [-0.1, -0.05) is 24.9 Å². The average molecular weight is 295 g/mol. The van der Waals surface area contributed by atoms with E-state index < -0.39 is 12.0 Å². The molecule has 1 aromatic rings. The zero-order valence-corrected chi connectivity index (χ0v) is 12.2. The SMILES string of the molecule is CCC(NC(=O)CCc1nc(C2CCCC2)no1)C(=O)O. The van der Waals surface area contributed by atoms with E-state index in [0.717, 1.165) is 18.7 Å². The Morgan fingerprint density at radius 3 is 2.76 bits per heavy atom. The highest BCUT2D eigenvalue weighted by atomic mass is 16.5. The Morgan fingerprint density at radius 1 is 1.43 bits per heavy atom. The Balaban J connectivity index is 1.80. The van der Waals surface area contributed by atoms with E-state index in [0.29, 0.717) is 24.7 Å². The number of carbonyl (C=O) groups is 2. The van der Waals surface area contributed by atoms with Crippen LogP contribution in [-0.2, 0) is 16.0 Å². The molecule has 0 aromatic carbocycles. The summed E-state index contributed by atoms with van der Waals surface area (Å²) in [5.41, 5.74) is 0. The lowest BCUT2D eigenvalue weighted by molar-refractivity contribution is -0.141. The largest absolute Gasteiger partial charge is 0.480 e. The van der Waals surface area contributed by atoms with Crippen molar-refractivity contribution in [2.75, 3.05) is 0 Å². The predicted octanol–water partition coefficient (Wildman–Crippen LogP) is 1.64. The van der Waals surface area contributed by atoms with Gasteiger partial charge in [0.15, 0.2) is 5.82 Å². The number of carboxylic acids is 1. The lowest BCUT2D eigenvalue weighted by atomic mass is 10.1. The first kappa shape index (κ1) is 15.5. The average Bonchev–Trinajstić information content (AvgIpc) is 3.12. The number of nitrogens with one attached hydrogen (secondary N) is 1. The molecule has 1 fully saturated rings. The minimum Gasteiger partial charge on any atom is -0.480 e. The molecule has 21 heavy (non-hydrogen) atoms. The Hall–Kier alpha value is -1.92. The van der Waals surface area contributed by atoms with Crippen LogP contribution in [0.2, 0.25) is 0 Å². The van der Waals surface area contributed by atoms with Gasteiger partial charge in [0.25, 0.3) is 0 Å². The smallest absolute Gasteiger partial charge is 0.326 e. The third kappa shape index (κ3) is 4.27. The Labute approximate surface area is 123 Å². The second-order valence-corrected chi connectivity index (χ2v) is 5.39.